The van der Waals surface area contributed by atoms with Crippen LogP contribution < -0.4 is 0 Å². The fraction of sp³-hybridized carbons (Fsp3) is 0.750. The van der Waals surface area contributed by atoms with Gasteiger partial charge in [-0.1, -0.05) is 20.8 Å². The first kappa shape index (κ1) is 9.75. The van der Waals surface area contributed by atoms with Crippen LogP contribution in [0.5, 0.6) is 0 Å². The van der Waals surface area contributed by atoms with Crippen LogP contribution in [0.1, 0.15) is 40.5 Å². The van der Waals surface area contributed by atoms with E-state index in [9.17, 15) is 9.90 Å². The van der Waals surface area contributed by atoms with E-state index in [1.54, 1.807) is 6.92 Å². The molecule has 2 atom stereocenters. The molecule has 0 saturated heterocycles. The molecule has 0 aliphatic heterocycles. The highest BCUT2D eigenvalue weighted by atomic mass is 16.3. The summed E-state index contributed by atoms with van der Waals surface area (Å²) < 4.78 is 0. The molecule has 0 aromatic rings. The van der Waals surface area contributed by atoms with E-state index in [-0.39, 0.29) is 22.5 Å². The molecule has 2 aliphatic carbocycles. The van der Waals surface area contributed by atoms with Gasteiger partial charge in [-0.15, -0.1) is 0 Å². The molecular formula is C12H18O2. The van der Waals surface area contributed by atoms with Crippen LogP contribution in [0.4, 0.5) is 0 Å². The van der Waals surface area contributed by atoms with E-state index in [0.29, 0.717) is 11.3 Å². The van der Waals surface area contributed by atoms with E-state index < -0.39 is 0 Å². The van der Waals surface area contributed by atoms with Gasteiger partial charge < -0.3 is 5.11 Å². The van der Waals surface area contributed by atoms with Gasteiger partial charge in [0.1, 0.15) is 5.76 Å². The first-order chi connectivity index (χ1) is 6.32. The molecule has 1 fully saturated rings. The minimum atomic E-state index is -0.168. The monoisotopic (exact) mass is 194 g/mol. The molecule has 1 N–H and O–H groups in total. The molecule has 78 valence electrons. The number of hydrogen-bond acceptors (Lipinski definition) is 2. The lowest BCUT2D eigenvalue weighted by atomic mass is 9.70. The summed E-state index contributed by atoms with van der Waals surface area (Å²) in [5.74, 6) is 0.681. The second kappa shape index (κ2) is 2.41. The summed E-state index contributed by atoms with van der Waals surface area (Å²) in [6, 6.07) is 0. The number of aliphatic hydroxyl groups excluding tert-OH is 1. The van der Waals surface area contributed by atoms with Crippen molar-refractivity contribution in [2.75, 3.05) is 0 Å². The van der Waals surface area contributed by atoms with Crippen LogP contribution in [-0.4, -0.2) is 10.9 Å². The zero-order chi connectivity index (χ0) is 10.7. The Kier molecular flexibility index (Phi) is 1.68. The minimum absolute atomic E-state index is 0.0398. The number of allylic oxidation sites excluding steroid dienone is 2. The molecular weight excluding hydrogens is 176 g/mol. The maximum Gasteiger partial charge on any atom is 0.159 e. The molecule has 2 nitrogen and oxygen atoms in total. The number of rotatable bonds is 1. The predicted molar refractivity (Wildman–Crippen MR) is 54.9 cm³/mol. The van der Waals surface area contributed by atoms with E-state index >= 15 is 0 Å². The normalized spacial score (nSPS) is 39.3. The Bertz CT molecular complexity index is 338. The number of carbonyl (C=O) groups excluding carboxylic acids is 1. The van der Waals surface area contributed by atoms with Crippen LogP contribution in [-0.2, 0) is 4.79 Å². The highest BCUT2D eigenvalue weighted by Gasteiger charge is 2.61. The third-order valence-electron chi connectivity index (χ3n) is 4.73. The van der Waals surface area contributed by atoms with E-state index in [4.69, 9.17) is 0 Å². The van der Waals surface area contributed by atoms with Gasteiger partial charge in [-0.05, 0) is 31.1 Å². The lowest BCUT2D eigenvalue weighted by molar-refractivity contribution is -0.114. The van der Waals surface area contributed by atoms with Crippen molar-refractivity contribution in [1.82, 2.24) is 0 Å². The first-order valence-electron chi connectivity index (χ1n) is 5.27. The van der Waals surface area contributed by atoms with E-state index in [0.717, 1.165) is 12.8 Å². The Morgan fingerprint density at radius 1 is 1.43 bits per heavy atom. The minimum Gasteiger partial charge on any atom is -0.511 e. The Hall–Kier alpha value is -0.790. The number of fused-ring (bicyclic) bond motifs is 2. The molecule has 2 bridgehead atoms. The van der Waals surface area contributed by atoms with Crippen LogP contribution in [0, 0.1) is 16.7 Å². The number of hydrogen-bond donors (Lipinski definition) is 1. The highest BCUT2D eigenvalue weighted by molar-refractivity contribution is 5.95. The van der Waals surface area contributed by atoms with Gasteiger partial charge in [-0.3, -0.25) is 4.79 Å². The van der Waals surface area contributed by atoms with Crippen molar-refractivity contribution in [3.05, 3.63) is 11.3 Å². The van der Waals surface area contributed by atoms with Crippen molar-refractivity contribution in [1.29, 1.82) is 0 Å². The number of ketones is 1. The maximum absolute atomic E-state index is 11.5. The molecule has 0 heterocycles. The van der Waals surface area contributed by atoms with Crippen LogP contribution in [0.25, 0.3) is 0 Å². The molecule has 14 heavy (non-hydrogen) atoms. The summed E-state index contributed by atoms with van der Waals surface area (Å²) in [5, 5.41) is 10.1. The van der Waals surface area contributed by atoms with Gasteiger partial charge in [0.05, 0.1) is 0 Å². The van der Waals surface area contributed by atoms with Crippen LogP contribution >= 0.6 is 0 Å². The third kappa shape index (κ3) is 0.800. The molecule has 0 aromatic carbocycles. The number of carbonyl (C=O) groups is 1. The topological polar surface area (TPSA) is 37.3 Å². The standard InChI is InChI=1S/C12H18O2/c1-7(13)9-8-5-6-12(4,10(9)14)11(8,2)3/h8,14H,5-6H2,1-4H3/t8-,12+/m1/s1. The molecule has 1 saturated carbocycles. The lowest BCUT2D eigenvalue weighted by Gasteiger charge is -2.34. The Labute approximate surface area is 85.0 Å². The first-order valence-corrected chi connectivity index (χ1v) is 5.27. The second-order valence-electron chi connectivity index (χ2n) is 5.46. The third-order valence-corrected chi connectivity index (χ3v) is 4.73. The largest absolute Gasteiger partial charge is 0.511 e. The zero-order valence-corrected chi connectivity index (χ0v) is 9.35. The van der Waals surface area contributed by atoms with Gasteiger partial charge in [-0.25, -0.2) is 0 Å². The zero-order valence-electron chi connectivity index (χ0n) is 9.35. The summed E-state index contributed by atoms with van der Waals surface area (Å²) in [5.41, 5.74) is 0.570. The van der Waals surface area contributed by atoms with E-state index in [1.807, 2.05) is 0 Å². The predicted octanol–water partition coefficient (Wildman–Crippen LogP) is 2.84. The highest BCUT2D eigenvalue weighted by Crippen LogP contribution is 2.67. The molecule has 0 spiro atoms. The summed E-state index contributed by atoms with van der Waals surface area (Å²) in [7, 11) is 0. The smallest absolute Gasteiger partial charge is 0.159 e. The van der Waals surface area contributed by atoms with Crippen LogP contribution in [0.2, 0.25) is 0 Å². The summed E-state index contributed by atoms with van der Waals surface area (Å²) in [4.78, 5) is 11.5. The van der Waals surface area contributed by atoms with Gasteiger partial charge in [0.2, 0.25) is 0 Å². The van der Waals surface area contributed by atoms with Crippen molar-refractivity contribution in [3.8, 4) is 0 Å². The fourth-order valence-corrected chi connectivity index (χ4v) is 3.30. The molecule has 0 aromatic heterocycles. The Morgan fingerprint density at radius 3 is 2.29 bits per heavy atom. The van der Waals surface area contributed by atoms with Gasteiger partial charge >= 0.3 is 0 Å². The quantitative estimate of drug-likeness (QED) is 0.697. The summed E-state index contributed by atoms with van der Waals surface area (Å²) in [6.45, 7) is 7.97. The average molecular weight is 194 g/mol. The van der Waals surface area contributed by atoms with Crippen LogP contribution in [0.15, 0.2) is 11.3 Å². The molecule has 2 rings (SSSR count). The fourth-order valence-electron chi connectivity index (χ4n) is 3.30. The number of aliphatic hydroxyl groups is 1. The molecule has 2 heteroatoms. The van der Waals surface area contributed by atoms with Gasteiger partial charge in [0.25, 0.3) is 0 Å². The molecule has 2 aliphatic rings. The molecule has 0 radical (unpaired) electrons. The van der Waals surface area contributed by atoms with Crippen molar-refractivity contribution in [2.24, 2.45) is 16.7 Å². The molecule has 0 amide bonds. The SMILES string of the molecule is CC(=O)C1=C(O)[C@]2(C)CC[C@H]1C2(C)C. The average Bonchev–Trinajstić information content (AvgIpc) is 2.35. The van der Waals surface area contributed by atoms with Gasteiger partial charge in [0, 0.05) is 11.0 Å². The molecule has 0 unspecified atom stereocenters. The van der Waals surface area contributed by atoms with Gasteiger partial charge in [0.15, 0.2) is 5.78 Å². The number of Topliss-reactive ketones (excluding diaryl/α,β-unsaturated/α-hetero) is 1. The van der Waals surface area contributed by atoms with Gasteiger partial charge in [-0.2, -0.15) is 0 Å². The maximum atomic E-state index is 11.5. The second-order valence-corrected chi connectivity index (χ2v) is 5.46. The van der Waals surface area contributed by atoms with Crippen molar-refractivity contribution >= 4 is 5.78 Å². The van der Waals surface area contributed by atoms with Crippen molar-refractivity contribution in [3.63, 3.8) is 0 Å². The van der Waals surface area contributed by atoms with E-state index in [1.165, 1.54) is 0 Å². The lowest BCUT2D eigenvalue weighted by Crippen LogP contribution is -2.30. The summed E-state index contributed by atoms with van der Waals surface area (Å²) >= 11 is 0. The van der Waals surface area contributed by atoms with Crippen molar-refractivity contribution < 1.29 is 9.90 Å². The Balaban J connectivity index is 2.58. The van der Waals surface area contributed by atoms with Crippen LogP contribution in [0.3, 0.4) is 0 Å². The van der Waals surface area contributed by atoms with E-state index in [2.05, 4.69) is 20.8 Å². The summed E-state index contributed by atoms with van der Waals surface area (Å²) in [6.07, 6.45) is 2.05. The Morgan fingerprint density at radius 2 is 2.00 bits per heavy atom. The van der Waals surface area contributed by atoms with Crippen molar-refractivity contribution in [2.45, 2.75) is 40.5 Å².